The Labute approximate surface area is 170 Å². The van der Waals surface area contributed by atoms with Crippen molar-refractivity contribution in [2.75, 3.05) is 13.1 Å². The van der Waals surface area contributed by atoms with Gasteiger partial charge < -0.3 is 20.3 Å². The summed E-state index contributed by atoms with van der Waals surface area (Å²) in [7, 11) is 0. The molecule has 0 fully saturated rings. The van der Waals surface area contributed by atoms with E-state index >= 15 is 0 Å². The molecule has 0 saturated heterocycles. The fourth-order valence-corrected chi connectivity index (χ4v) is 3.18. The molecule has 3 N–H and O–H groups in total. The van der Waals surface area contributed by atoms with Gasteiger partial charge in [0.15, 0.2) is 0 Å². The van der Waals surface area contributed by atoms with Crippen LogP contribution in [0.4, 0.5) is 0 Å². The van der Waals surface area contributed by atoms with Gasteiger partial charge in [0.2, 0.25) is 0 Å². The number of hydrogen-bond donors (Lipinski definition) is 3. The van der Waals surface area contributed by atoms with Crippen LogP contribution in [0, 0.1) is 13.8 Å². The minimum atomic E-state index is -0.251. The van der Waals surface area contributed by atoms with Crippen LogP contribution in [0.3, 0.4) is 0 Å². The highest BCUT2D eigenvalue weighted by Crippen LogP contribution is 2.17. The SMILES string of the molecule is Cc1ccc(C)n1-c1ccc(C(=O)NCCCNC(=O)c2cccc(O)c2)cc1. The van der Waals surface area contributed by atoms with Crippen LogP contribution in [-0.4, -0.2) is 34.6 Å². The van der Waals surface area contributed by atoms with Gasteiger partial charge in [0.1, 0.15) is 5.75 Å². The van der Waals surface area contributed by atoms with E-state index in [1.54, 1.807) is 12.1 Å². The number of phenolic OH excluding ortho intramolecular Hbond substituents is 1. The van der Waals surface area contributed by atoms with Gasteiger partial charge >= 0.3 is 0 Å². The monoisotopic (exact) mass is 391 g/mol. The van der Waals surface area contributed by atoms with Gasteiger partial charge in [0.05, 0.1) is 0 Å². The van der Waals surface area contributed by atoms with Crippen molar-refractivity contribution in [1.29, 1.82) is 0 Å². The normalized spacial score (nSPS) is 10.6. The maximum Gasteiger partial charge on any atom is 0.251 e. The van der Waals surface area contributed by atoms with E-state index in [4.69, 9.17) is 0 Å². The van der Waals surface area contributed by atoms with Crippen LogP contribution >= 0.6 is 0 Å². The smallest absolute Gasteiger partial charge is 0.251 e. The number of aromatic nitrogens is 1. The summed E-state index contributed by atoms with van der Waals surface area (Å²) in [6.45, 7) is 4.98. The minimum absolute atomic E-state index is 0.0537. The maximum atomic E-state index is 12.3. The minimum Gasteiger partial charge on any atom is -0.508 e. The number of hydrogen-bond acceptors (Lipinski definition) is 3. The molecule has 0 unspecified atom stereocenters. The zero-order valence-electron chi connectivity index (χ0n) is 16.6. The molecule has 3 rings (SSSR count). The largest absolute Gasteiger partial charge is 0.508 e. The van der Waals surface area contributed by atoms with Gasteiger partial charge in [0, 0.05) is 41.3 Å². The van der Waals surface area contributed by atoms with E-state index < -0.39 is 0 Å². The third-order valence-corrected chi connectivity index (χ3v) is 4.69. The second-order valence-corrected chi connectivity index (χ2v) is 6.91. The lowest BCUT2D eigenvalue weighted by Gasteiger charge is -2.11. The second-order valence-electron chi connectivity index (χ2n) is 6.91. The molecule has 6 heteroatoms. The summed E-state index contributed by atoms with van der Waals surface area (Å²) < 4.78 is 2.14. The fourth-order valence-electron chi connectivity index (χ4n) is 3.18. The number of carbonyl (C=O) groups excluding carboxylic acids is 2. The Morgan fingerprint density at radius 3 is 2.00 bits per heavy atom. The highest BCUT2D eigenvalue weighted by atomic mass is 16.3. The first kappa shape index (κ1) is 20.2. The quantitative estimate of drug-likeness (QED) is 0.540. The van der Waals surface area contributed by atoms with Crippen molar-refractivity contribution >= 4 is 11.8 Å². The molecule has 0 bridgehead atoms. The molecule has 150 valence electrons. The van der Waals surface area contributed by atoms with Crippen LogP contribution in [-0.2, 0) is 0 Å². The lowest BCUT2D eigenvalue weighted by molar-refractivity contribution is 0.0951. The number of carbonyl (C=O) groups is 2. The predicted octanol–water partition coefficient (Wildman–Crippen LogP) is 3.35. The molecular weight excluding hydrogens is 366 g/mol. The number of amides is 2. The predicted molar refractivity (Wildman–Crippen MR) is 113 cm³/mol. The summed E-state index contributed by atoms with van der Waals surface area (Å²) in [6.07, 6.45) is 0.607. The van der Waals surface area contributed by atoms with Crippen molar-refractivity contribution in [2.45, 2.75) is 20.3 Å². The molecule has 0 aliphatic carbocycles. The standard InChI is InChI=1S/C23H25N3O3/c1-16-7-8-17(2)26(16)20-11-9-18(10-12-20)22(28)24-13-4-14-25-23(29)19-5-3-6-21(27)15-19/h3,5-12,15,27H,4,13-14H2,1-2H3,(H,24,28)(H,25,29). The van der Waals surface area contributed by atoms with E-state index in [9.17, 15) is 14.7 Å². The Morgan fingerprint density at radius 1 is 0.828 bits per heavy atom. The van der Waals surface area contributed by atoms with Gasteiger partial charge in [-0.3, -0.25) is 9.59 Å². The Morgan fingerprint density at radius 2 is 1.41 bits per heavy atom. The van der Waals surface area contributed by atoms with E-state index in [1.807, 2.05) is 38.1 Å². The molecule has 1 aromatic heterocycles. The van der Waals surface area contributed by atoms with E-state index in [1.165, 1.54) is 12.1 Å². The third-order valence-electron chi connectivity index (χ3n) is 4.69. The van der Waals surface area contributed by atoms with Crippen molar-refractivity contribution in [2.24, 2.45) is 0 Å². The fraction of sp³-hybridized carbons (Fsp3) is 0.217. The topological polar surface area (TPSA) is 83.4 Å². The number of phenols is 1. The second kappa shape index (κ2) is 9.10. The Balaban J connectivity index is 1.44. The zero-order chi connectivity index (χ0) is 20.8. The molecule has 2 aromatic carbocycles. The van der Waals surface area contributed by atoms with E-state index in [2.05, 4.69) is 27.3 Å². The van der Waals surface area contributed by atoms with Crippen molar-refractivity contribution in [3.8, 4) is 11.4 Å². The molecule has 0 spiro atoms. The lowest BCUT2D eigenvalue weighted by Crippen LogP contribution is -2.29. The molecular formula is C23H25N3O3. The first-order chi connectivity index (χ1) is 14.0. The Hall–Kier alpha value is -3.54. The van der Waals surface area contributed by atoms with E-state index in [0.717, 1.165) is 17.1 Å². The highest BCUT2D eigenvalue weighted by molar-refractivity contribution is 5.95. The van der Waals surface area contributed by atoms with Crippen LogP contribution in [0.1, 0.15) is 38.5 Å². The summed E-state index contributed by atoms with van der Waals surface area (Å²) in [4.78, 5) is 24.3. The number of rotatable bonds is 7. The molecule has 0 atom stereocenters. The number of nitrogens with zero attached hydrogens (tertiary/aromatic N) is 1. The van der Waals surface area contributed by atoms with Crippen LogP contribution in [0.15, 0.2) is 60.7 Å². The maximum absolute atomic E-state index is 12.3. The molecule has 3 aromatic rings. The third kappa shape index (κ3) is 5.04. The first-order valence-corrected chi connectivity index (χ1v) is 9.56. The summed E-state index contributed by atoms with van der Waals surface area (Å²) in [5, 5.41) is 15.0. The van der Waals surface area contributed by atoms with Crippen LogP contribution < -0.4 is 10.6 Å². The van der Waals surface area contributed by atoms with E-state index in [-0.39, 0.29) is 17.6 Å². The highest BCUT2D eigenvalue weighted by Gasteiger charge is 2.08. The molecule has 2 amide bonds. The summed E-state index contributed by atoms with van der Waals surface area (Å²) in [5.74, 6) is -0.340. The van der Waals surface area contributed by atoms with Crippen molar-refractivity contribution in [1.82, 2.24) is 15.2 Å². The number of benzene rings is 2. The Kier molecular flexibility index (Phi) is 6.34. The number of aromatic hydroxyl groups is 1. The lowest BCUT2D eigenvalue weighted by atomic mass is 10.2. The molecule has 0 aliphatic rings. The summed E-state index contributed by atoms with van der Waals surface area (Å²) >= 11 is 0. The first-order valence-electron chi connectivity index (χ1n) is 9.56. The average molecular weight is 391 g/mol. The molecule has 0 radical (unpaired) electrons. The summed E-state index contributed by atoms with van der Waals surface area (Å²) in [6, 6.07) is 17.8. The van der Waals surface area contributed by atoms with Crippen molar-refractivity contribution < 1.29 is 14.7 Å². The number of nitrogens with one attached hydrogen (secondary N) is 2. The average Bonchev–Trinajstić information content (AvgIpc) is 3.05. The van der Waals surface area contributed by atoms with E-state index in [0.29, 0.717) is 30.6 Å². The zero-order valence-corrected chi connectivity index (χ0v) is 16.6. The summed E-state index contributed by atoms with van der Waals surface area (Å²) in [5.41, 5.74) is 4.32. The van der Waals surface area contributed by atoms with Crippen molar-refractivity contribution in [3.05, 3.63) is 83.2 Å². The van der Waals surface area contributed by atoms with Crippen molar-refractivity contribution in [3.63, 3.8) is 0 Å². The van der Waals surface area contributed by atoms with Gasteiger partial charge in [-0.1, -0.05) is 6.07 Å². The molecule has 1 heterocycles. The Bertz CT molecular complexity index is 987. The number of aryl methyl sites for hydroxylation is 2. The molecule has 0 saturated carbocycles. The van der Waals surface area contributed by atoms with Crippen LogP contribution in [0.2, 0.25) is 0 Å². The van der Waals surface area contributed by atoms with Crippen LogP contribution in [0.25, 0.3) is 5.69 Å². The molecule has 6 nitrogen and oxygen atoms in total. The van der Waals surface area contributed by atoms with Gasteiger partial charge in [-0.15, -0.1) is 0 Å². The van der Waals surface area contributed by atoms with Gasteiger partial charge in [-0.2, -0.15) is 0 Å². The molecule has 0 aliphatic heterocycles. The van der Waals surface area contributed by atoms with Gasteiger partial charge in [0.25, 0.3) is 11.8 Å². The molecule has 29 heavy (non-hydrogen) atoms. The van der Waals surface area contributed by atoms with Gasteiger partial charge in [-0.05, 0) is 74.9 Å². The van der Waals surface area contributed by atoms with Gasteiger partial charge in [-0.25, -0.2) is 0 Å². The van der Waals surface area contributed by atoms with Crippen LogP contribution in [0.5, 0.6) is 5.75 Å².